The van der Waals surface area contributed by atoms with E-state index in [4.69, 9.17) is 0 Å². The number of hydrogen-bond donors (Lipinski definition) is 1. The van der Waals surface area contributed by atoms with E-state index in [1.807, 2.05) is 38.1 Å². The third-order valence-corrected chi connectivity index (χ3v) is 1.33. The van der Waals surface area contributed by atoms with Gasteiger partial charge in [0.1, 0.15) is 0 Å². The number of benzene rings is 1. The molecule has 0 aliphatic rings. The molecule has 1 aromatic rings. The van der Waals surface area contributed by atoms with Crippen molar-refractivity contribution >= 4 is 12.6 Å². The highest BCUT2D eigenvalue weighted by molar-refractivity contribution is 7.80. The van der Waals surface area contributed by atoms with Crippen LogP contribution >= 0.6 is 12.6 Å². The van der Waals surface area contributed by atoms with Gasteiger partial charge in [-0.05, 0) is 19.1 Å². The lowest BCUT2D eigenvalue weighted by Gasteiger charge is -1.89. The van der Waals surface area contributed by atoms with Crippen molar-refractivity contribution in [3.63, 3.8) is 0 Å². The Morgan fingerprint density at radius 1 is 0.917 bits per heavy atom. The van der Waals surface area contributed by atoms with E-state index >= 15 is 0 Å². The summed E-state index contributed by atoms with van der Waals surface area (Å²) in [5, 5.41) is 0. The van der Waals surface area contributed by atoms with Crippen LogP contribution in [-0.4, -0.2) is 11.0 Å². The predicted octanol–water partition coefficient (Wildman–Crippen LogP) is 1.66. The Morgan fingerprint density at radius 3 is 1.50 bits per heavy atom. The van der Waals surface area contributed by atoms with Gasteiger partial charge >= 0.3 is 0 Å². The van der Waals surface area contributed by atoms with E-state index < -0.39 is 0 Å². The van der Waals surface area contributed by atoms with Gasteiger partial charge in [-0.3, -0.25) is 0 Å². The molecule has 0 unspecified atom stereocenters. The molecule has 4 N–H and O–H groups in total. The van der Waals surface area contributed by atoms with Crippen LogP contribution in [-0.2, 0) is 0 Å². The molecule has 0 aliphatic heterocycles. The van der Waals surface area contributed by atoms with E-state index in [-0.39, 0.29) is 11.0 Å². The van der Waals surface area contributed by atoms with E-state index in [0.29, 0.717) is 0 Å². The molecule has 12 heavy (non-hydrogen) atoms. The fourth-order valence-electron chi connectivity index (χ4n) is 0.545. The zero-order valence-corrected chi connectivity index (χ0v) is 8.65. The molecule has 0 aliphatic carbocycles. The van der Waals surface area contributed by atoms with Crippen molar-refractivity contribution in [2.24, 2.45) is 0 Å². The van der Waals surface area contributed by atoms with Crippen LogP contribution in [0.3, 0.4) is 0 Å². The lowest BCUT2D eigenvalue weighted by atomic mass is 10.2. The van der Waals surface area contributed by atoms with Crippen molar-refractivity contribution in [3.05, 3.63) is 29.8 Å². The minimum Gasteiger partial charge on any atom is -0.412 e. The molecule has 0 atom stereocenters. The maximum absolute atomic E-state index is 4.13. The van der Waals surface area contributed by atoms with Crippen molar-refractivity contribution in [2.75, 3.05) is 0 Å². The zero-order valence-electron chi connectivity index (χ0n) is 7.76. The average Bonchev–Trinajstić information content (AvgIpc) is 2.00. The molecule has 0 saturated heterocycles. The lowest BCUT2D eigenvalue weighted by molar-refractivity contribution is 0.823. The van der Waals surface area contributed by atoms with Gasteiger partial charge in [-0.25, -0.2) is 0 Å². The minimum atomic E-state index is 0. The summed E-state index contributed by atoms with van der Waals surface area (Å²) < 4.78 is 0. The topological polar surface area (TPSA) is 63.0 Å². The SMILES string of the molecule is CC.Cc1ccc(S)cc1.O.O. The van der Waals surface area contributed by atoms with Crippen LogP contribution in [0, 0.1) is 6.92 Å². The summed E-state index contributed by atoms with van der Waals surface area (Å²) >= 11 is 4.13. The number of aryl methyl sites for hydroxylation is 1. The van der Waals surface area contributed by atoms with E-state index in [0.717, 1.165) is 4.90 Å². The van der Waals surface area contributed by atoms with Gasteiger partial charge in [0.15, 0.2) is 0 Å². The van der Waals surface area contributed by atoms with Crippen LogP contribution in [0.2, 0.25) is 0 Å². The largest absolute Gasteiger partial charge is 0.412 e. The van der Waals surface area contributed by atoms with Gasteiger partial charge in [-0.1, -0.05) is 31.5 Å². The molecular formula is C9H18O2S. The molecule has 0 fully saturated rings. The van der Waals surface area contributed by atoms with Gasteiger partial charge in [0.25, 0.3) is 0 Å². The van der Waals surface area contributed by atoms with Gasteiger partial charge in [-0.15, -0.1) is 12.6 Å². The fourth-order valence-corrected chi connectivity index (χ4v) is 0.694. The second-order valence-corrected chi connectivity index (χ2v) is 2.35. The average molecular weight is 190 g/mol. The summed E-state index contributed by atoms with van der Waals surface area (Å²) in [5.41, 5.74) is 1.28. The Morgan fingerprint density at radius 2 is 1.25 bits per heavy atom. The molecule has 0 saturated carbocycles. The lowest BCUT2D eigenvalue weighted by Crippen LogP contribution is -1.67. The van der Waals surface area contributed by atoms with Crippen molar-refractivity contribution < 1.29 is 11.0 Å². The quantitative estimate of drug-likeness (QED) is 0.605. The Hall–Kier alpha value is -0.510. The van der Waals surface area contributed by atoms with Gasteiger partial charge in [0, 0.05) is 4.90 Å². The smallest absolute Gasteiger partial charge is 0.00401 e. The summed E-state index contributed by atoms with van der Waals surface area (Å²) in [6, 6.07) is 8.06. The molecule has 0 heterocycles. The summed E-state index contributed by atoms with van der Waals surface area (Å²) in [7, 11) is 0. The summed E-state index contributed by atoms with van der Waals surface area (Å²) in [6.45, 7) is 6.06. The molecular weight excluding hydrogens is 172 g/mol. The van der Waals surface area contributed by atoms with E-state index in [1.54, 1.807) is 0 Å². The first-order valence-electron chi connectivity index (χ1n) is 3.54. The van der Waals surface area contributed by atoms with Crippen LogP contribution in [0.15, 0.2) is 29.2 Å². The first-order chi connectivity index (χ1) is 4.79. The molecule has 2 nitrogen and oxygen atoms in total. The normalized spacial score (nSPS) is 6.67. The van der Waals surface area contributed by atoms with Gasteiger partial charge in [-0.2, -0.15) is 0 Å². The molecule has 72 valence electrons. The minimum absolute atomic E-state index is 0. The van der Waals surface area contributed by atoms with Gasteiger partial charge in [0.2, 0.25) is 0 Å². The summed E-state index contributed by atoms with van der Waals surface area (Å²) in [4.78, 5) is 1.02. The van der Waals surface area contributed by atoms with Crippen molar-refractivity contribution in [3.8, 4) is 0 Å². The van der Waals surface area contributed by atoms with E-state index in [9.17, 15) is 0 Å². The van der Waals surface area contributed by atoms with E-state index in [1.165, 1.54) is 5.56 Å². The standard InChI is InChI=1S/C7H8S.C2H6.2H2O/c1-6-2-4-7(8)5-3-6;1-2;;/h2-5,8H,1H3;1-2H3;2*1H2. The van der Waals surface area contributed by atoms with Crippen LogP contribution in [0.1, 0.15) is 19.4 Å². The third kappa shape index (κ3) is 7.60. The predicted molar refractivity (Wildman–Crippen MR) is 57.0 cm³/mol. The molecule has 1 aromatic carbocycles. The molecule has 0 radical (unpaired) electrons. The molecule has 0 aromatic heterocycles. The number of rotatable bonds is 0. The van der Waals surface area contributed by atoms with Crippen molar-refractivity contribution in [2.45, 2.75) is 25.7 Å². The summed E-state index contributed by atoms with van der Waals surface area (Å²) in [5.74, 6) is 0. The molecule has 1 rings (SSSR count). The van der Waals surface area contributed by atoms with Crippen LogP contribution < -0.4 is 0 Å². The summed E-state index contributed by atoms with van der Waals surface area (Å²) in [6.07, 6.45) is 0. The fraction of sp³-hybridized carbons (Fsp3) is 0.333. The molecule has 3 heteroatoms. The Labute approximate surface area is 79.6 Å². The zero-order chi connectivity index (χ0) is 7.98. The monoisotopic (exact) mass is 190 g/mol. The highest BCUT2D eigenvalue weighted by Gasteiger charge is 1.80. The Kier molecular flexibility index (Phi) is 15.3. The second kappa shape index (κ2) is 10.5. The maximum atomic E-state index is 4.13. The first-order valence-corrected chi connectivity index (χ1v) is 3.99. The van der Waals surface area contributed by atoms with Gasteiger partial charge < -0.3 is 11.0 Å². The van der Waals surface area contributed by atoms with Crippen molar-refractivity contribution in [1.29, 1.82) is 0 Å². The maximum Gasteiger partial charge on any atom is 0.00401 e. The van der Waals surface area contributed by atoms with Crippen molar-refractivity contribution in [1.82, 2.24) is 0 Å². The van der Waals surface area contributed by atoms with Gasteiger partial charge in [0.05, 0.1) is 0 Å². The van der Waals surface area contributed by atoms with Crippen LogP contribution in [0.4, 0.5) is 0 Å². The molecule has 0 amide bonds. The van der Waals surface area contributed by atoms with Crippen LogP contribution in [0.25, 0.3) is 0 Å². The highest BCUT2D eigenvalue weighted by Crippen LogP contribution is 2.05. The number of hydrogen-bond acceptors (Lipinski definition) is 1. The highest BCUT2D eigenvalue weighted by atomic mass is 32.1. The molecule has 0 spiro atoms. The van der Waals surface area contributed by atoms with E-state index in [2.05, 4.69) is 19.6 Å². The first kappa shape index (κ1) is 17.5. The Balaban J connectivity index is -0.000000189. The number of thiol groups is 1. The second-order valence-electron chi connectivity index (χ2n) is 1.84. The Bertz CT molecular complexity index is 151. The third-order valence-electron chi connectivity index (χ3n) is 1.03. The molecule has 0 bridgehead atoms. The van der Waals surface area contributed by atoms with Crippen LogP contribution in [0.5, 0.6) is 0 Å².